The third kappa shape index (κ3) is 3.73. The summed E-state index contributed by atoms with van der Waals surface area (Å²) in [5, 5.41) is 3.08. The van der Waals surface area contributed by atoms with Crippen LogP contribution in [0.1, 0.15) is 32.6 Å². The van der Waals surface area contributed by atoms with Crippen molar-refractivity contribution in [2.45, 2.75) is 44.2 Å². The molecule has 20 heavy (non-hydrogen) atoms. The molecule has 1 saturated carbocycles. The summed E-state index contributed by atoms with van der Waals surface area (Å²) in [6, 6.07) is 7.47. The summed E-state index contributed by atoms with van der Waals surface area (Å²) < 4.78 is 6.60. The van der Waals surface area contributed by atoms with Crippen LogP contribution in [0.4, 0.5) is 0 Å². The van der Waals surface area contributed by atoms with Gasteiger partial charge in [0.2, 0.25) is 0 Å². The second kappa shape index (κ2) is 6.59. The highest BCUT2D eigenvalue weighted by atomic mass is 79.9. The molecule has 110 valence electrons. The molecule has 4 nitrogen and oxygen atoms in total. The van der Waals surface area contributed by atoms with Crippen LogP contribution in [0.2, 0.25) is 0 Å². The van der Waals surface area contributed by atoms with Crippen molar-refractivity contribution in [1.82, 2.24) is 5.32 Å². The number of carbonyl (C=O) groups excluding carboxylic acids is 1. The molecule has 0 spiro atoms. The van der Waals surface area contributed by atoms with Crippen LogP contribution in [-0.4, -0.2) is 24.1 Å². The Balaban J connectivity index is 1.95. The van der Waals surface area contributed by atoms with Crippen molar-refractivity contribution in [3.05, 3.63) is 28.7 Å². The quantitative estimate of drug-likeness (QED) is 0.865. The molecule has 5 heteroatoms. The number of benzene rings is 1. The molecule has 0 aliphatic heterocycles. The summed E-state index contributed by atoms with van der Waals surface area (Å²) in [6.45, 7) is 2.25. The van der Waals surface area contributed by atoms with E-state index in [9.17, 15) is 4.79 Å². The van der Waals surface area contributed by atoms with Gasteiger partial charge >= 0.3 is 0 Å². The molecule has 0 aromatic heterocycles. The van der Waals surface area contributed by atoms with E-state index in [0.717, 1.165) is 30.2 Å². The largest absolute Gasteiger partial charge is 0.481 e. The topological polar surface area (TPSA) is 64.3 Å². The predicted octanol–water partition coefficient (Wildman–Crippen LogP) is 2.60. The zero-order chi connectivity index (χ0) is 14.6. The lowest BCUT2D eigenvalue weighted by atomic mass is 9.97. The number of hydrogen-bond donors (Lipinski definition) is 2. The van der Waals surface area contributed by atoms with Gasteiger partial charge in [0.15, 0.2) is 6.10 Å². The van der Waals surface area contributed by atoms with Crippen molar-refractivity contribution in [1.29, 1.82) is 0 Å². The van der Waals surface area contributed by atoms with Gasteiger partial charge in [-0.15, -0.1) is 0 Å². The third-order valence-electron chi connectivity index (χ3n) is 3.82. The monoisotopic (exact) mass is 340 g/mol. The minimum Gasteiger partial charge on any atom is -0.481 e. The van der Waals surface area contributed by atoms with Crippen LogP contribution >= 0.6 is 15.9 Å². The molecule has 3 N–H and O–H groups in total. The molecule has 1 atom stereocenters. The molecule has 1 fully saturated rings. The standard InChI is InChI=1S/C15H21BrN2O2/c1-11(20-13-6-4-5-12(16)9-13)14(19)18-15(10-17)7-2-3-8-15/h4-6,9,11H,2-3,7-8,10,17H2,1H3,(H,18,19). The molecule has 0 radical (unpaired) electrons. The Labute approximate surface area is 128 Å². The van der Waals surface area contributed by atoms with E-state index >= 15 is 0 Å². The lowest BCUT2D eigenvalue weighted by Gasteiger charge is -2.30. The molecule has 1 amide bonds. The summed E-state index contributed by atoms with van der Waals surface area (Å²) >= 11 is 3.38. The minimum absolute atomic E-state index is 0.0997. The summed E-state index contributed by atoms with van der Waals surface area (Å²) in [7, 11) is 0. The number of hydrogen-bond acceptors (Lipinski definition) is 3. The number of ether oxygens (including phenoxy) is 1. The predicted molar refractivity (Wildman–Crippen MR) is 82.6 cm³/mol. The van der Waals surface area contributed by atoms with Gasteiger partial charge < -0.3 is 15.8 Å². The summed E-state index contributed by atoms with van der Waals surface area (Å²) in [5.74, 6) is 0.576. The Morgan fingerprint density at radius 1 is 1.50 bits per heavy atom. The maximum atomic E-state index is 12.2. The Morgan fingerprint density at radius 3 is 2.80 bits per heavy atom. The molecule has 1 unspecified atom stereocenters. The molecular weight excluding hydrogens is 320 g/mol. The van der Waals surface area contributed by atoms with Gasteiger partial charge in [0, 0.05) is 11.0 Å². The highest BCUT2D eigenvalue weighted by Crippen LogP contribution is 2.28. The van der Waals surface area contributed by atoms with Crippen molar-refractivity contribution in [3.8, 4) is 5.75 Å². The smallest absolute Gasteiger partial charge is 0.261 e. The van der Waals surface area contributed by atoms with Crippen molar-refractivity contribution < 1.29 is 9.53 Å². The first-order chi connectivity index (χ1) is 9.54. The van der Waals surface area contributed by atoms with E-state index in [4.69, 9.17) is 10.5 Å². The van der Waals surface area contributed by atoms with E-state index in [1.165, 1.54) is 0 Å². The van der Waals surface area contributed by atoms with Gasteiger partial charge in [-0.1, -0.05) is 34.8 Å². The molecule has 1 aliphatic carbocycles. The molecule has 0 bridgehead atoms. The van der Waals surface area contributed by atoms with Crippen LogP contribution in [0, 0.1) is 0 Å². The van der Waals surface area contributed by atoms with Crippen LogP contribution in [0.25, 0.3) is 0 Å². The molecular formula is C15H21BrN2O2. The summed E-state index contributed by atoms with van der Waals surface area (Å²) in [4.78, 5) is 12.2. The van der Waals surface area contributed by atoms with Crippen LogP contribution < -0.4 is 15.8 Å². The number of nitrogens with one attached hydrogen (secondary N) is 1. The highest BCUT2D eigenvalue weighted by molar-refractivity contribution is 9.10. The minimum atomic E-state index is -0.534. The van der Waals surface area contributed by atoms with E-state index in [1.807, 2.05) is 24.3 Å². The molecule has 0 saturated heterocycles. The van der Waals surface area contributed by atoms with Crippen molar-refractivity contribution in [2.75, 3.05) is 6.54 Å². The van der Waals surface area contributed by atoms with Crippen molar-refractivity contribution >= 4 is 21.8 Å². The Bertz CT molecular complexity index is 473. The molecule has 1 aromatic rings. The third-order valence-corrected chi connectivity index (χ3v) is 4.31. The number of halogens is 1. The van der Waals surface area contributed by atoms with E-state index in [2.05, 4.69) is 21.2 Å². The second-order valence-electron chi connectivity index (χ2n) is 5.40. The number of amides is 1. The summed E-state index contributed by atoms with van der Waals surface area (Å²) in [5.41, 5.74) is 5.60. The van der Waals surface area contributed by atoms with Crippen LogP contribution in [0.5, 0.6) is 5.75 Å². The van der Waals surface area contributed by atoms with Gasteiger partial charge in [-0.3, -0.25) is 4.79 Å². The maximum Gasteiger partial charge on any atom is 0.261 e. The Kier molecular flexibility index (Phi) is 5.05. The first kappa shape index (κ1) is 15.3. The van der Waals surface area contributed by atoms with Gasteiger partial charge in [-0.2, -0.15) is 0 Å². The molecule has 1 aliphatic rings. The van der Waals surface area contributed by atoms with E-state index < -0.39 is 6.10 Å². The molecule has 0 heterocycles. The lowest BCUT2D eigenvalue weighted by Crippen LogP contribution is -2.54. The zero-order valence-corrected chi connectivity index (χ0v) is 13.3. The van der Waals surface area contributed by atoms with Crippen molar-refractivity contribution in [2.24, 2.45) is 5.73 Å². The van der Waals surface area contributed by atoms with Crippen LogP contribution in [0.15, 0.2) is 28.7 Å². The van der Waals surface area contributed by atoms with Crippen LogP contribution in [0.3, 0.4) is 0 Å². The first-order valence-corrected chi connectivity index (χ1v) is 7.78. The SMILES string of the molecule is CC(Oc1cccc(Br)c1)C(=O)NC1(CN)CCCC1. The highest BCUT2D eigenvalue weighted by Gasteiger charge is 2.35. The second-order valence-corrected chi connectivity index (χ2v) is 6.31. The maximum absolute atomic E-state index is 12.2. The van der Waals surface area contributed by atoms with Gasteiger partial charge in [0.1, 0.15) is 5.75 Å². The van der Waals surface area contributed by atoms with Crippen molar-refractivity contribution in [3.63, 3.8) is 0 Å². The summed E-state index contributed by atoms with van der Waals surface area (Å²) in [6.07, 6.45) is 3.63. The normalized spacial score (nSPS) is 18.6. The Hall–Kier alpha value is -1.07. The fourth-order valence-corrected chi connectivity index (χ4v) is 2.97. The number of carbonyl (C=O) groups is 1. The van der Waals surface area contributed by atoms with E-state index in [1.54, 1.807) is 6.92 Å². The Morgan fingerprint density at radius 2 is 2.20 bits per heavy atom. The number of nitrogens with two attached hydrogens (primary N) is 1. The average molecular weight is 341 g/mol. The van der Waals surface area contributed by atoms with E-state index in [0.29, 0.717) is 12.3 Å². The lowest BCUT2D eigenvalue weighted by molar-refractivity contribution is -0.129. The first-order valence-electron chi connectivity index (χ1n) is 6.99. The van der Waals surface area contributed by atoms with Crippen LogP contribution in [-0.2, 0) is 4.79 Å². The van der Waals surface area contributed by atoms with Gasteiger partial charge in [-0.25, -0.2) is 0 Å². The fraction of sp³-hybridized carbons (Fsp3) is 0.533. The number of rotatable bonds is 5. The zero-order valence-electron chi connectivity index (χ0n) is 11.7. The van der Waals surface area contributed by atoms with E-state index in [-0.39, 0.29) is 11.4 Å². The van der Waals surface area contributed by atoms with Gasteiger partial charge in [0.05, 0.1) is 5.54 Å². The van der Waals surface area contributed by atoms with Gasteiger partial charge in [-0.05, 0) is 38.0 Å². The molecule has 2 rings (SSSR count). The average Bonchev–Trinajstić information content (AvgIpc) is 2.88. The fourth-order valence-electron chi connectivity index (χ4n) is 2.59. The van der Waals surface area contributed by atoms with Gasteiger partial charge in [0.25, 0.3) is 5.91 Å². The molecule has 1 aromatic carbocycles.